The van der Waals surface area contributed by atoms with E-state index in [-0.39, 0.29) is 6.61 Å². The van der Waals surface area contributed by atoms with Gasteiger partial charge in [0.05, 0.1) is 12.3 Å². The molecule has 1 aliphatic carbocycles. The summed E-state index contributed by atoms with van der Waals surface area (Å²) in [5.41, 5.74) is 4.14. The first-order valence-corrected chi connectivity index (χ1v) is 9.72. The molecule has 1 aliphatic rings. The van der Waals surface area contributed by atoms with E-state index in [2.05, 4.69) is 25.7 Å². The van der Waals surface area contributed by atoms with E-state index < -0.39 is 23.2 Å². The van der Waals surface area contributed by atoms with Crippen molar-refractivity contribution in [3.8, 4) is 22.8 Å². The number of nitrogens with zero attached hydrogens (tertiary/aromatic N) is 1. The van der Waals surface area contributed by atoms with Crippen LogP contribution in [-0.4, -0.2) is 44.2 Å². The van der Waals surface area contributed by atoms with Gasteiger partial charge in [-0.05, 0) is 43.0 Å². The summed E-state index contributed by atoms with van der Waals surface area (Å²) in [7, 11) is 1.98. The molecule has 2 aromatic heterocycles. The molecule has 9 heteroatoms. The number of aliphatic hydroxyl groups excluding tert-OH is 1. The lowest BCUT2D eigenvalue weighted by atomic mass is 9.99. The zero-order valence-corrected chi connectivity index (χ0v) is 16.5. The number of H-pyrrole nitrogens is 1. The maximum atomic E-state index is 12.4. The van der Waals surface area contributed by atoms with E-state index in [1.807, 2.05) is 19.2 Å². The first-order chi connectivity index (χ1) is 14.4. The molecule has 0 fully saturated rings. The lowest BCUT2D eigenvalue weighted by Gasteiger charge is -2.13. The van der Waals surface area contributed by atoms with Crippen molar-refractivity contribution in [3.05, 3.63) is 45.4 Å². The van der Waals surface area contributed by atoms with E-state index in [9.17, 15) is 14.7 Å². The Labute approximate surface area is 171 Å². The Morgan fingerprint density at radius 1 is 1.30 bits per heavy atom. The summed E-state index contributed by atoms with van der Waals surface area (Å²) in [4.78, 5) is 26.0. The van der Waals surface area contributed by atoms with Crippen LogP contribution in [0.2, 0.25) is 0 Å². The number of rotatable bonds is 5. The van der Waals surface area contributed by atoms with Gasteiger partial charge in [-0.25, -0.2) is 4.79 Å². The third-order valence-corrected chi connectivity index (χ3v) is 5.54. The quantitative estimate of drug-likeness (QED) is 0.318. The second kappa shape index (κ2) is 7.85. The molecule has 0 saturated carbocycles. The van der Waals surface area contributed by atoms with Crippen molar-refractivity contribution in [2.45, 2.75) is 25.8 Å². The van der Waals surface area contributed by atoms with Gasteiger partial charge in [-0.1, -0.05) is 0 Å². The highest BCUT2D eigenvalue weighted by molar-refractivity contribution is 5.89. The summed E-state index contributed by atoms with van der Waals surface area (Å²) in [5, 5.41) is 32.5. The molecule has 0 amide bonds. The molecule has 0 radical (unpaired) electrons. The Balaban J connectivity index is 1.86. The molecule has 0 saturated heterocycles. The lowest BCUT2D eigenvalue weighted by Crippen LogP contribution is -2.18. The van der Waals surface area contributed by atoms with E-state index >= 15 is 0 Å². The largest absolute Gasteiger partial charge is 0.511 e. The number of benzene rings is 1. The first kappa shape index (κ1) is 20.0. The number of aromatic nitrogens is 2. The number of hydrogen-bond acceptors (Lipinski definition) is 6. The number of nitrogens with one attached hydrogen (secondary N) is 2. The van der Waals surface area contributed by atoms with Gasteiger partial charge < -0.3 is 34.9 Å². The number of aromatic hydroxyl groups is 1. The first-order valence-electron chi connectivity index (χ1n) is 9.72. The van der Waals surface area contributed by atoms with Gasteiger partial charge in [-0.15, -0.1) is 0 Å². The standard InChI is InChI=1S/C21H23N3O6/c1-24-13(10-22-5-6-25)7-12-8-15-11(9-16(12)24)3-2-4-14-17(15)23-20(27)19(18(14)26)30-21(28)29/h7-9,22,25H,2-6,10H2,1H3,(H,28,29)(H2,23,26,27). The number of aromatic amines is 1. The Morgan fingerprint density at radius 2 is 2.10 bits per heavy atom. The lowest BCUT2D eigenvalue weighted by molar-refractivity contribution is 0.142. The highest BCUT2D eigenvalue weighted by atomic mass is 16.7. The van der Waals surface area contributed by atoms with Crippen LogP contribution in [0.25, 0.3) is 22.2 Å². The summed E-state index contributed by atoms with van der Waals surface area (Å²) >= 11 is 0. The Hall–Kier alpha value is -3.30. The number of carbonyl (C=O) groups is 1. The second-order valence-corrected chi connectivity index (χ2v) is 7.37. The minimum atomic E-state index is -1.65. The van der Waals surface area contributed by atoms with Gasteiger partial charge in [0, 0.05) is 47.9 Å². The fraction of sp³-hybridized carbons (Fsp3) is 0.333. The average molecular weight is 413 g/mol. The molecule has 2 heterocycles. The zero-order chi connectivity index (χ0) is 21.4. The maximum absolute atomic E-state index is 12.4. The number of pyridine rings is 1. The normalized spacial score (nSPS) is 13.0. The smallest absolute Gasteiger partial charge is 0.504 e. The fourth-order valence-electron chi connectivity index (χ4n) is 4.11. The third-order valence-electron chi connectivity index (χ3n) is 5.54. The molecule has 158 valence electrons. The monoisotopic (exact) mass is 413 g/mol. The third kappa shape index (κ3) is 3.42. The Bertz CT molecular complexity index is 1190. The van der Waals surface area contributed by atoms with Gasteiger partial charge in [0.15, 0.2) is 5.75 Å². The van der Waals surface area contributed by atoms with E-state index in [0.717, 1.165) is 40.6 Å². The van der Waals surface area contributed by atoms with Crippen molar-refractivity contribution in [1.29, 1.82) is 0 Å². The molecule has 0 aliphatic heterocycles. The van der Waals surface area contributed by atoms with Gasteiger partial charge >= 0.3 is 6.16 Å². The number of fused-ring (bicyclic) bond motifs is 4. The van der Waals surface area contributed by atoms with E-state index in [4.69, 9.17) is 10.2 Å². The average Bonchev–Trinajstić information content (AvgIpc) is 2.89. The minimum absolute atomic E-state index is 0.0689. The van der Waals surface area contributed by atoms with Crippen molar-refractivity contribution in [2.75, 3.05) is 13.2 Å². The summed E-state index contributed by atoms with van der Waals surface area (Å²) in [6.45, 7) is 1.19. The predicted molar refractivity (Wildman–Crippen MR) is 110 cm³/mol. The van der Waals surface area contributed by atoms with E-state index in [1.54, 1.807) is 0 Å². The van der Waals surface area contributed by atoms with Crippen LogP contribution in [0.1, 0.15) is 23.2 Å². The van der Waals surface area contributed by atoms with Crippen LogP contribution in [0, 0.1) is 0 Å². The molecule has 3 aromatic rings. The molecule has 0 spiro atoms. The maximum Gasteiger partial charge on any atom is 0.511 e. The van der Waals surface area contributed by atoms with Gasteiger partial charge in [0.1, 0.15) is 0 Å². The number of aryl methyl sites for hydroxylation is 2. The van der Waals surface area contributed by atoms with E-state index in [0.29, 0.717) is 30.8 Å². The summed E-state index contributed by atoms with van der Waals surface area (Å²) in [6.07, 6.45) is 0.306. The van der Waals surface area contributed by atoms with Crippen molar-refractivity contribution >= 4 is 17.1 Å². The highest BCUT2D eigenvalue weighted by Gasteiger charge is 2.25. The van der Waals surface area contributed by atoms with Crippen LogP contribution in [0.4, 0.5) is 4.79 Å². The number of ether oxygens (including phenoxy) is 1. The van der Waals surface area contributed by atoms with Crippen LogP contribution in [0.15, 0.2) is 23.0 Å². The number of hydrogen-bond donors (Lipinski definition) is 5. The molecular formula is C21H23N3O6. The van der Waals surface area contributed by atoms with Crippen molar-refractivity contribution < 1.29 is 24.9 Å². The molecule has 30 heavy (non-hydrogen) atoms. The van der Waals surface area contributed by atoms with Gasteiger partial charge in [-0.3, -0.25) is 4.79 Å². The van der Waals surface area contributed by atoms with Crippen molar-refractivity contribution in [2.24, 2.45) is 7.05 Å². The number of aliphatic hydroxyl groups is 1. The molecule has 0 bridgehead atoms. The molecule has 0 atom stereocenters. The highest BCUT2D eigenvalue weighted by Crippen LogP contribution is 2.40. The Morgan fingerprint density at radius 3 is 2.83 bits per heavy atom. The molecule has 9 nitrogen and oxygen atoms in total. The summed E-state index contributed by atoms with van der Waals surface area (Å²) < 4.78 is 6.59. The van der Waals surface area contributed by atoms with Crippen molar-refractivity contribution in [1.82, 2.24) is 14.9 Å². The second-order valence-electron chi connectivity index (χ2n) is 7.37. The van der Waals surface area contributed by atoms with Crippen LogP contribution in [0.3, 0.4) is 0 Å². The number of carboxylic acid groups (broad SMARTS) is 1. The topological polar surface area (TPSA) is 137 Å². The molecule has 1 aromatic carbocycles. The summed E-state index contributed by atoms with van der Waals surface area (Å²) in [5.74, 6) is -1.02. The van der Waals surface area contributed by atoms with Gasteiger partial charge in [-0.2, -0.15) is 0 Å². The van der Waals surface area contributed by atoms with Gasteiger partial charge in [0.25, 0.3) is 5.56 Å². The zero-order valence-electron chi connectivity index (χ0n) is 16.5. The fourth-order valence-corrected chi connectivity index (χ4v) is 4.11. The molecule has 0 unspecified atom stereocenters. The minimum Gasteiger partial charge on any atom is -0.504 e. The molecular weight excluding hydrogens is 390 g/mol. The summed E-state index contributed by atoms with van der Waals surface area (Å²) in [6, 6.07) is 6.12. The Kier molecular flexibility index (Phi) is 5.23. The van der Waals surface area contributed by atoms with Crippen LogP contribution < -0.4 is 15.6 Å². The SMILES string of the molecule is Cn1c(CNCCO)cc2cc3c(cc21)CCCc1c-3[nH]c(=O)c(OC(=O)O)c1O. The van der Waals surface area contributed by atoms with Gasteiger partial charge in [0.2, 0.25) is 5.75 Å². The molecule has 5 N–H and O–H groups in total. The van der Waals surface area contributed by atoms with E-state index in [1.165, 1.54) is 0 Å². The van der Waals surface area contributed by atoms with Crippen molar-refractivity contribution in [3.63, 3.8) is 0 Å². The van der Waals surface area contributed by atoms with Crippen LogP contribution in [-0.2, 0) is 26.4 Å². The predicted octanol–water partition coefficient (Wildman–Crippen LogP) is 1.87. The van der Waals surface area contributed by atoms with Crippen LogP contribution in [0.5, 0.6) is 11.5 Å². The van der Waals surface area contributed by atoms with Crippen LogP contribution >= 0.6 is 0 Å². The molecule has 4 rings (SSSR count).